The van der Waals surface area contributed by atoms with Gasteiger partial charge in [0.05, 0.1) is 12.1 Å². The van der Waals surface area contributed by atoms with Gasteiger partial charge in [0.2, 0.25) is 0 Å². The number of rotatable bonds is 4. The van der Waals surface area contributed by atoms with Crippen LogP contribution in [0.5, 0.6) is 0 Å². The fourth-order valence-electron chi connectivity index (χ4n) is 3.98. The Balaban J connectivity index is 1.50. The highest BCUT2D eigenvalue weighted by Gasteiger charge is 2.33. The Morgan fingerprint density at radius 2 is 1.81 bits per heavy atom. The summed E-state index contributed by atoms with van der Waals surface area (Å²) >= 11 is 1.81. The number of allylic oxidation sites excluding steroid dienone is 9. The maximum Gasteiger partial charge on any atom is 0.158 e. The predicted molar refractivity (Wildman–Crippen MR) is 137 cm³/mol. The molecule has 1 aromatic rings. The van der Waals surface area contributed by atoms with E-state index in [2.05, 4.69) is 111 Å². The monoisotopic (exact) mass is 428 g/mol. The summed E-state index contributed by atoms with van der Waals surface area (Å²) in [6.45, 7) is 6.77. The van der Waals surface area contributed by atoms with Crippen LogP contribution in [-0.4, -0.2) is 17.3 Å². The molecule has 31 heavy (non-hydrogen) atoms. The van der Waals surface area contributed by atoms with E-state index in [-0.39, 0.29) is 17.5 Å². The summed E-state index contributed by atoms with van der Waals surface area (Å²) < 4.78 is 0. The van der Waals surface area contributed by atoms with Crippen molar-refractivity contribution in [2.45, 2.75) is 56.9 Å². The molecule has 3 aliphatic rings. The predicted octanol–water partition coefficient (Wildman–Crippen LogP) is 6.80. The lowest BCUT2D eigenvalue weighted by atomic mass is 9.87. The van der Waals surface area contributed by atoms with E-state index in [1.54, 1.807) is 11.8 Å². The van der Waals surface area contributed by atoms with Gasteiger partial charge in [-0.1, -0.05) is 118 Å². The molecule has 1 N–H and O–H groups in total. The van der Waals surface area contributed by atoms with Gasteiger partial charge in [-0.25, -0.2) is 0 Å². The number of benzene rings is 1. The van der Waals surface area contributed by atoms with Crippen molar-refractivity contribution in [1.82, 2.24) is 5.32 Å². The minimum atomic E-state index is 0.132. The van der Waals surface area contributed by atoms with E-state index in [0.717, 1.165) is 23.8 Å². The molecule has 2 nitrogen and oxygen atoms in total. The van der Waals surface area contributed by atoms with Gasteiger partial charge in [-0.15, -0.1) is 0 Å². The first-order chi connectivity index (χ1) is 15.0. The number of nitrogens with one attached hydrogen (secondary N) is 1. The van der Waals surface area contributed by atoms with E-state index in [4.69, 9.17) is 4.99 Å². The molecule has 4 rings (SSSR count). The highest BCUT2D eigenvalue weighted by Crippen LogP contribution is 2.30. The number of nitrogens with zero attached hydrogens (tertiary/aromatic N) is 1. The summed E-state index contributed by atoms with van der Waals surface area (Å²) in [5.41, 5.74) is 5.58. The van der Waals surface area contributed by atoms with Crippen LogP contribution < -0.4 is 5.32 Å². The molecule has 160 valence electrons. The lowest BCUT2D eigenvalue weighted by molar-refractivity contribution is 0.590. The van der Waals surface area contributed by atoms with Gasteiger partial charge in [0, 0.05) is 5.75 Å². The normalized spacial score (nSPS) is 23.0. The molecule has 1 heterocycles. The lowest BCUT2D eigenvalue weighted by Crippen LogP contribution is -2.36. The lowest BCUT2D eigenvalue weighted by Gasteiger charge is -2.22. The van der Waals surface area contributed by atoms with Crippen LogP contribution in [0.15, 0.2) is 101 Å². The van der Waals surface area contributed by atoms with Crippen LogP contribution in [0.25, 0.3) is 0 Å². The van der Waals surface area contributed by atoms with Crippen LogP contribution >= 0.6 is 11.8 Å². The van der Waals surface area contributed by atoms with Gasteiger partial charge in [0.1, 0.15) is 0 Å². The van der Waals surface area contributed by atoms with Gasteiger partial charge in [-0.05, 0) is 40.5 Å². The zero-order chi connectivity index (χ0) is 21.7. The number of thioether (sulfide) groups is 1. The standard InChI is InChI=1S/C28H32N2S/c1-28(2,3)24-18-16-21(17-19-24)20-31-27-29-25(22-12-8-4-5-9-13-22)26(30-27)23-14-10-6-7-11-15-23/h4-10,12,14-19,25-26H,11,13,20H2,1-3H3,(H,29,30)/t25-,26+/m0/s1. The van der Waals surface area contributed by atoms with Crippen molar-refractivity contribution in [1.29, 1.82) is 0 Å². The molecule has 3 heteroatoms. The van der Waals surface area contributed by atoms with Gasteiger partial charge >= 0.3 is 0 Å². The molecular weight excluding hydrogens is 396 g/mol. The fourth-order valence-corrected chi connectivity index (χ4v) is 4.88. The van der Waals surface area contributed by atoms with Crippen molar-refractivity contribution in [3.63, 3.8) is 0 Å². The van der Waals surface area contributed by atoms with Crippen molar-refractivity contribution in [3.8, 4) is 0 Å². The van der Waals surface area contributed by atoms with Crippen LogP contribution in [0.2, 0.25) is 0 Å². The first-order valence-electron chi connectivity index (χ1n) is 11.1. The van der Waals surface area contributed by atoms with Crippen LogP contribution in [0, 0.1) is 0 Å². The third kappa shape index (κ3) is 5.59. The largest absolute Gasteiger partial charge is 0.356 e. The highest BCUT2D eigenvalue weighted by molar-refractivity contribution is 8.13. The number of hydrogen-bond acceptors (Lipinski definition) is 3. The van der Waals surface area contributed by atoms with Crippen LogP contribution in [0.3, 0.4) is 0 Å². The van der Waals surface area contributed by atoms with Crippen molar-refractivity contribution < 1.29 is 0 Å². The second kappa shape index (κ2) is 9.74. The summed E-state index contributed by atoms with van der Waals surface area (Å²) in [6, 6.07) is 9.34. The molecule has 0 fully saturated rings. The zero-order valence-corrected chi connectivity index (χ0v) is 19.5. The number of amidine groups is 1. The Morgan fingerprint density at radius 3 is 2.61 bits per heavy atom. The molecule has 0 amide bonds. The van der Waals surface area contributed by atoms with E-state index in [1.807, 2.05) is 0 Å². The van der Waals surface area contributed by atoms with Crippen molar-refractivity contribution in [2.75, 3.05) is 0 Å². The van der Waals surface area contributed by atoms with Crippen LogP contribution in [-0.2, 0) is 11.2 Å². The Hall–Kier alpha value is -2.52. The quantitative estimate of drug-likeness (QED) is 0.570. The van der Waals surface area contributed by atoms with Gasteiger partial charge in [0.25, 0.3) is 0 Å². The molecule has 0 radical (unpaired) electrons. The fraction of sp³-hybridized carbons (Fsp3) is 0.321. The molecule has 2 aliphatic carbocycles. The number of hydrogen-bond donors (Lipinski definition) is 1. The Morgan fingerprint density at radius 1 is 1.00 bits per heavy atom. The first-order valence-corrected chi connectivity index (χ1v) is 12.1. The molecule has 0 spiro atoms. The SMILES string of the molecule is CC(C)(C)c1ccc(CSC2=N[C@@H](C3=CC=CC=CC3)[C@@H](C3=CCC=CC=C3)N2)cc1. The van der Waals surface area contributed by atoms with E-state index in [9.17, 15) is 0 Å². The Kier molecular flexibility index (Phi) is 6.82. The first kappa shape index (κ1) is 21.7. The smallest absolute Gasteiger partial charge is 0.158 e. The van der Waals surface area contributed by atoms with Crippen molar-refractivity contribution >= 4 is 16.9 Å². The van der Waals surface area contributed by atoms with Crippen molar-refractivity contribution in [3.05, 3.63) is 107 Å². The van der Waals surface area contributed by atoms with Crippen molar-refractivity contribution in [2.24, 2.45) is 4.99 Å². The molecule has 2 atom stereocenters. The number of aliphatic imine (C=N–C) groups is 1. The van der Waals surface area contributed by atoms with Gasteiger partial charge in [-0.3, -0.25) is 4.99 Å². The van der Waals surface area contributed by atoms with E-state index in [1.165, 1.54) is 22.3 Å². The second-order valence-corrected chi connectivity index (χ2v) is 10.2. The van der Waals surface area contributed by atoms with Crippen LogP contribution in [0.1, 0.15) is 44.7 Å². The maximum atomic E-state index is 5.15. The highest BCUT2D eigenvalue weighted by atomic mass is 32.2. The third-order valence-electron chi connectivity index (χ3n) is 5.83. The molecule has 0 unspecified atom stereocenters. The Bertz CT molecular complexity index is 994. The molecular formula is C28H32N2S. The second-order valence-electron chi connectivity index (χ2n) is 9.22. The van der Waals surface area contributed by atoms with E-state index in [0.29, 0.717) is 0 Å². The average Bonchev–Trinajstić information content (AvgIpc) is 2.96. The third-order valence-corrected chi connectivity index (χ3v) is 6.81. The molecule has 0 aromatic heterocycles. The summed E-state index contributed by atoms with van der Waals surface area (Å²) in [5, 5.41) is 4.78. The summed E-state index contributed by atoms with van der Waals surface area (Å²) in [5.74, 6) is 0.922. The maximum absolute atomic E-state index is 5.15. The Labute approximate surface area is 191 Å². The van der Waals surface area contributed by atoms with Crippen LogP contribution in [0.4, 0.5) is 0 Å². The van der Waals surface area contributed by atoms with Gasteiger partial charge in [-0.2, -0.15) is 0 Å². The summed E-state index contributed by atoms with van der Waals surface area (Å²) in [4.78, 5) is 5.15. The minimum absolute atomic E-state index is 0.132. The average molecular weight is 429 g/mol. The molecule has 1 aromatic carbocycles. The van der Waals surface area contributed by atoms with E-state index < -0.39 is 0 Å². The minimum Gasteiger partial charge on any atom is -0.356 e. The molecule has 0 bridgehead atoms. The summed E-state index contributed by atoms with van der Waals surface area (Å²) in [6.07, 6.45) is 23.7. The zero-order valence-electron chi connectivity index (χ0n) is 18.7. The van der Waals surface area contributed by atoms with Gasteiger partial charge in [0.15, 0.2) is 5.17 Å². The molecule has 1 aliphatic heterocycles. The van der Waals surface area contributed by atoms with Gasteiger partial charge < -0.3 is 5.32 Å². The molecule has 0 saturated heterocycles. The van der Waals surface area contributed by atoms with E-state index >= 15 is 0 Å². The summed E-state index contributed by atoms with van der Waals surface area (Å²) in [7, 11) is 0. The topological polar surface area (TPSA) is 24.4 Å². The molecule has 0 saturated carbocycles.